The Kier molecular flexibility index (Phi) is 5.75. The Balaban J connectivity index is 1.93. The van der Waals surface area contributed by atoms with Crippen molar-refractivity contribution in [1.82, 2.24) is 0 Å². The van der Waals surface area contributed by atoms with Gasteiger partial charge in [0, 0.05) is 0 Å². The molecule has 0 heterocycles. The van der Waals surface area contributed by atoms with Crippen molar-refractivity contribution in [2.24, 2.45) is 0 Å². The number of para-hydroxylation sites is 2. The van der Waals surface area contributed by atoms with Crippen LogP contribution in [0.25, 0.3) is 0 Å². The molecule has 112 valence electrons. The molecule has 2 aromatic rings. The van der Waals surface area contributed by atoms with Crippen molar-refractivity contribution in [1.29, 1.82) is 0 Å². The van der Waals surface area contributed by atoms with Gasteiger partial charge in [-0.1, -0.05) is 18.2 Å². The molecule has 0 atom stereocenters. The zero-order valence-electron chi connectivity index (χ0n) is 12.0. The van der Waals surface area contributed by atoms with E-state index in [1.807, 2.05) is 42.5 Å². The molecule has 0 aromatic heterocycles. The Morgan fingerprint density at radius 3 is 1.95 bits per heavy atom. The van der Waals surface area contributed by atoms with Gasteiger partial charge in [-0.15, -0.1) is 0 Å². The SMILES string of the molecule is COc1cccc(OC)c1OCCOc1ccccc1Br. The van der Waals surface area contributed by atoms with Crippen LogP contribution in [0.15, 0.2) is 46.9 Å². The van der Waals surface area contributed by atoms with Crippen LogP contribution in [0.5, 0.6) is 23.0 Å². The first kappa shape index (κ1) is 15.5. The van der Waals surface area contributed by atoms with Crippen LogP contribution >= 0.6 is 15.9 Å². The highest BCUT2D eigenvalue weighted by Gasteiger charge is 2.11. The maximum Gasteiger partial charge on any atom is 0.203 e. The minimum atomic E-state index is 0.387. The maximum absolute atomic E-state index is 5.72. The average Bonchev–Trinajstić information content (AvgIpc) is 2.52. The second-order valence-electron chi connectivity index (χ2n) is 4.12. The van der Waals surface area contributed by atoms with E-state index in [0.717, 1.165) is 10.2 Å². The molecule has 0 fully saturated rings. The van der Waals surface area contributed by atoms with Gasteiger partial charge < -0.3 is 18.9 Å². The van der Waals surface area contributed by atoms with Crippen molar-refractivity contribution in [3.63, 3.8) is 0 Å². The third-order valence-electron chi connectivity index (χ3n) is 2.81. The van der Waals surface area contributed by atoms with Crippen LogP contribution in [-0.2, 0) is 0 Å². The molecule has 0 spiro atoms. The number of methoxy groups -OCH3 is 2. The minimum absolute atomic E-state index is 0.387. The normalized spacial score (nSPS) is 10.0. The topological polar surface area (TPSA) is 36.9 Å². The van der Waals surface area contributed by atoms with Crippen molar-refractivity contribution in [2.75, 3.05) is 27.4 Å². The number of hydrogen-bond acceptors (Lipinski definition) is 4. The van der Waals surface area contributed by atoms with Gasteiger partial charge in [0.25, 0.3) is 0 Å². The molecule has 0 saturated heterocycles. The molecule has 5 heteroatoms. The molecule has 21 heavy (non-hydrogen) atoms. The Morgan fingerprint density at radius 2 is 1.33 bits per heavy atom. The van der Waals surface area contributed by atoms with Crippen LogP contribution in [0.1, 0.15) is 0 Å². The van der Waals surface area contributed by atoms with Crippen molar-refractivity contribution < 1.29 is 18.9 Å². The van der Waals surface area contributed by atoms with Crippen LogP contribution in [0.4, 0.5) is 0 Å². The summed E-state index contributed by atoms with van der Waals surface area (Å²) in [6.45, 7) is 0.807. The summed E-state index contributed by atoms with van der Waals surface area (Å²) in [6.07, 6.45) is 0. The van der Waals surface area contributed by atoms with Crippen molar-refractivity contribution >= 4 is 15.9 Å². The van der Waals surface area contributed by atoms with E-state index < -0.39 is 0 Å². The van der Waals surface area contributed by atoms with Gasteiger partial charge in [-0.2, -0.15) is 0 Å². The summed E-state index contributed by atoms with van der Waals surface area (Å²) in [5.74, 6) is 2.64. The summed E-state index contributed by atoms with van der Waals surface area (Å²) in [5.41, 5.74) is 0. The van der Waals surface area contributed by atoms with Gasteiger partial charge in [0.2, 0.25) is 5.75 Å². The summed E-state index contributed by atoms with van der Waals surface area (Å²) in [6, 6.07) is 13.2. The second-order valence-corrected chi connectivity index (χ2v) is 4.97. The predicted molar refractivity (Wildman–Crippen MR) is 84.7 cm³/mol. The van der Waals surface area contributed by atoms with Crippen LogP contribution in [-0.4, -0.2) is 27.4 Å². The molecular weight excluding hydrogens is 336 g/mol. The van der Waals surface area contributed by atoms with Crippen molar-refractivity contribution in [3.05, 3.63) is 46.9 Å². The van der Waals surface area contributed by atoms with Crippen molar-refractivity contribution in [2.45, 2.75) is 0 Å². The number of benzene rings is 2. The molecule has 0 N–H and O–H groups in total. The smallest absolute Gasteiger partial charge is 0.203 e. The molecule has 2 rings (SSSR count). The highest BCUT2D eigenvalue weighted by molar-refractivity contribution is 9.10. The van der Waals surface area contributed by atoms with E-state index in [1.54, 1.807) is 14.2 Å². The molecule has 0 amide bonds. The second kappa shape index (κ2) is 7.78. The summed E-state index contributed by atoms with van der Waals surface area (Å²) in [5, 5.41) is 0. The van der Waals surface area contributed by atoms with Gasteiger partial charge in [-0.05, 0) is 40.2 Å². The largest absolute Gasteiger partial charge is 0.493 e. The first-order valence-electron chi connectivity index (χ1n) is 6.47. The number of ether oxygens (including phenoxy) is 4. The molecule has 4 nitrogen and oxygen atoms in total. The van der Waals surface area contributed by atoms with Gasteiger partial charge in [0.15, 0.2) is 11.5 Å². The van der Waals surface area contributed by atoms with Crippen molar-refractivity contribution in [3.8, 4) is 23.0 Å². The highest BCUT2D eigenvalue weighted by Crippen LogP contribution is 2.36. The van der Waals surface area contributed by atoms with E-state index in [4.69, 9.17) is 18.9 Å². The summed E-state index contributed by atoms with van der Waals surface area (Å²) in [7, 11) is 3.19. The molecule has 0 aliphatic heterocycles. The first-order valence-corrected chi connectivity index (χ1v) is 7.26. The van der Waals surface area contributed by atoms with Crippen LogP contribution in [0, 0.1) is 0 Å². The lowest BCUT2D eigenvalue weighted by atomic mass is 10.3. The molecule has 0 aliphatic rings. The van der Waals surface area contributed by atoms with Gasteiger partial charge in [-0.25, -0.2) is 0 Å². The maximum atomic E-state index is 5.72. The molecule has 0 radical (unpaired) electrons. The first-order chi connectivity index (χ1) is 10.3. The number of hydrogen-bond donors (Lipinski definition) is 0. The zero-order valence-corrected chi connectivity index (χ0v) is 13.6. The molecular formula is C16H17BrO4. The minimum Gasteiger partial charge on any atom is -0.493 e. The summed E-state index contributed by atoms with van der Waals surface area (Å²) < 4.78 is 22.8. The van der Waals surface area contributed by atoms with Gasteiger partial charge in [0.05, 0.1) is 18.7 Å². The van der Waals surface area contributed by atoms with E-state index in [-0.39, 0.29) is 0 Å². The summed E-state index contributed by atoms with van der Waals surface area (Å²) >= 11 is 3.43. The van der Waals surface area contributed by atoms with Gasteiger partial charge in [0.1, 0.15) is 19.0 Å². The monoisotopic (exact) mass is 352 g/mol. The molecule has 0 saturated carbocycles. The van der Waals surface area contributed by atoms with Crippen LogP contribution < -0.4 is 18.9 Å². The van der Waals surface area contributed by atoms with E-state index >= 15 is 0 Å². The Bertz CT molecular complexity index is 564. The Hall–Kier alpha value is -1.88. The lowest BCUT2D eigenvalue weighted by molar-refractivity contribution is 0.204. The quantitative estimate of drug-likeness (QED) is 0.707. The third-order valence-corrected chi connectivity index (χ3v) is 3.46. The van der Waals surface area contributed by atoms with E-state index in [1.165, 1.54) is 0 Å². The number of rotatable bonds is 7. The van der Waals surface area contributed by atoms with E-state index in [2.05, 4.69) is 15.9 Å². The van der Waals surface area contributed by atoms with Gasteiger partial charge >= 0.3 is 0 Å². The van der Waals surface area contributed by atoms with Crippen LogP contribution in [0.2, 0.25) is 0 Å². The zero-order chi connectivity index (χ0) is 15.1. The molecule has 0 aliphatic carbocycles. The predicted octanol–water partition coefficient (Wildman–Crippen LogP) is 3.92. The molecule has 0 unspecified atom stereocenters. The van der Waals surface area contributed by atoms with E-state index in [9.17, 15) is 0 Å². The standard InChI is InChI=1S/C16H17BrO4/c1-18-14-8-5-9-15(19-2)16(14)21-11-10-20-13-7-4-3-6-12(13)17/h3-9H,10-11H2,1-2H3. The lowest BCUT2D eigenvalue weighted by Gasteiger charge is -2.14. The fourth-order valence-corrected chi connectivity index (χ4v) is 2.22. The highest BCUT2D eigenvalue weighted by atomic mass is 79.9. The average molecular weight is 353 g/mol. The Morgan fingerprint density at radius 1 is 0.762 bits per heavy atom. The van der Waals surface area contributed by atoms with Gasteiger partial charge in [-0.3, -0.25) is 0 Å². The fraction of sp³-hybridized carbons (Fsp3) is 0.250. The fourth-order valence-electron chi connectivity index (χ4n) is 1.82. The lowest BCUT2D eigenvalue weighted by Crippen LogP contribution is -2.10. The molecule has 0 bridgehead atoms. The van der Waals surface area contributed by atoms with Crippen LogP contribution in [0.3, 0.4) is 0 Å². The molecule has 2 aromatic carbocycles. The number of halogens is 1. The van der Waals surface area contributed by atoms with E-state index in [0.29, 0.717) is 30.5 Å². The third kappa shape index (κ3) is 4.04. The summed E-state index contributed by atoms with van der Waals surface area (Å²) in [4.78, 5) is 0. The Labute approximate surface area is 132 Å².